The van der Waals surface area contributed by atoms with Crippen molar-refractivity contribution in [1.82, 2.24) is 19.5 Å². The van der Waals surface area contributed by atoms with Crippen LogP contribution in [0.2, 0.25) is 0 Å². The molecule has 0 saturated carbocycles. The van der Waals surface area contributed by atoms with Crippen molar-refractivity contribution in [3.8, 4) is 0 Å². The molecule has 0 aliphatic heterocycles. The molecule has 0 amide bonds. The summed E-state index contributed by atoms with van der Waals surface area (Å²) in [6.07, 6.45) is 3.11. The summed E-state index contributed by atoms with van der Waals surface area (Å²) in [6, 6.07) is 6.68. The molecule has 0 saturated heterocycles. The number of imidazole rings is 1. The predicted octanol–water partition coefficient (Wildman–Crippen LogP) is 2.48. The number of nitrogens with one attached hydrogen (secondary N) is 1. The highest BCUT2D eigenvalue weighted by Gasteiger charge is 2.10. The summed E-state index contributed by atoms with van der Waals surface area (Å²) in [4.78, 5) is 12.6. The molecule has 5 nitrogen and oxygen atoms in total. The molecule has 0 atom stereocenters. The van der Waals surface area contributed by atoms with Gasteiger partial charge in [0, 0.05) is 12.6 Å². The molecule has 0 aliphatic rings. The molecule has 7 heteroatoms. The quantitative estimate of drug-likeness (QED) is 0.806. The number of nitrogens with zero attached hydrogens (tertiary/aromatic N) is 4. The average Bonchev–Trinajstić information content (AvgIpc) is 2.84. The third kappa shape index (κ3) is 2.42. The van der Waals surface area contributed by atoms with Crippen LogP contribution in [-0.2, 0) is 6.54 Å². The zero-order valence-corrected chi connectivity index (χ0v) is 11.6. The minimum atomic E-state index is -0.229. The standard InChI is InChI=1S/C13H12FN5.ClH/c1-15-12-11-13(17-7-16-12)19(8-18-11)6-9-4-2-3-5-10(9)14;/h2-5,7-8H,6H2,1H3,(H,15,16,17);1H. The summed E-state index contributed by atoms with van der Waals surface area (Å²) >= 11 is 0. The first-order valence-electron chi connectivity index (χ1n) is 5.86. The van der Waals surface area contributed by atoms with Crippen LogP contribution in [0.5, 0.6) is 0 Å². The number of benzene rings is 1. The van der Waals surface area contributed by atoms with Crippen LogP contribution in [0.25, 0.3) is 11.2 Å². The molecule has 1 aromatic carbocycles. The number of hydrogen-bond donors (Lipinski definition) is 1. The van der Waals surface area contributed by atoms with Crippen molar-refractivity contribution < 1.29 is 4.39 Å². The Kier molecular flexibility index (Phi) is 4.14. The Morgan fingerprint density at radius 3 is 2.75 bits per heavy atom. The van der Waals surface area contributed by atoms with E-state index in [1.807, 2.05) is 6.07 Å². The largest absolute Gasteiger partial charge is 0.371 e. The molecular weight excluding hydrogens is 281 g/mol. The predicted molar refractivity (Wildman–Crippen MR) is 77.6 cm³/mol. The summed E-state index contributed by atoms with van der Waals surface area (Å²) in [5.41, 5.74) is 1.97. The molecule has 0 aliphatic carbocycles. The number of fused-ring (bicyclic) bond motifs is 1. The Hall–Kier alpha value is -2.21. The lowest BCUT2D eigenvalue weighted by molar-refractivity contribution is 0.601. The maximum Gasteiger partial charge on any atom is 0.165 e. The highest BCUT2D eigenvalue weighted by atomic mass is 35.5. The van der Waals surface area contributed by atoms with Crippen LogP contribution >= 0.6 is 12.4 Å². The van der Waals surface area contributed by atoms with Gasteiger partial charge in [0.15, 0.2) is 11.5 Å². The molecule has 0 bridgehead atoms. The highest BCUT2D eigenvalue weighted by Crippen LogP contribution is 2.18. The van der Waals surface area contributed by atoms with Gasteiger partial charge in [-0.3, -0.25) is 0 Å². The summed E-state index contributed by atoms with van der Waals surface area (Å²) in [5, 5.41) is 2.96. The molecule has 0 fully saturated rings. The normalized spacial score (nSPS) is 10.3. The molecule has 0 spiro atoms. The van der Waals surface area contributed by atoms with Crippen LogP contribution in [-0.4, -0.2) is 26.6 Å². The first-order chi connectivity index (χ1) is 9.29. The molecule has 20 heavy (non-hydrogen) atoms. The molecule has 2 aromatic heterocycles. The van der Waals surface area contributed by atoms with Crippen LogP contribution in [0.15, 0.2) is 36.9 Å². The second kappa shape index (κ2) is 5.83. The lowest BCUT2D eigenvalue weighted by Gasteiger charge is -2.05. The average molecular weight is 294 g/mol. The van der Waals surface area contributed by atoms with Crippen LogP contribution in [0.1, 0.15) is 5.56 Å². The number of hydrogen-bond acceptors (Lipinski definition) is 4. The van der Waals surface area contributed by atoms with E-state index in [2.05, 4.69) is 20.3 Å². The summed E-state index contributed by atoms with van der Waals surface area (Å²) in [7, 11) is 1.78. The van der Waals surface area contributed by atoms with Gasteiger partial charge in [0.05, 0.1) is 12.9 Å². The van der Waals surface area contributed by atoms with Gasteiger partial charge in [-0.1, -0.05) is 18.2 Å². The van der Waals surface area contributed by atoms with Crippen molar-refractivity contribution in [2.75, 3.05) is 12.4 Å². The molecule has 3 rings (SSSR count). The Labute approximate surface area is 121 Å². The Morgan fingerprint density at radius 2 is 2.00 bits per heavy atom. The van der Waals surface area contributed by atoms with Gasteiger partial charge in [-0.25, -0.2) is 19.3 Å². The third-order valence-corrected chi connectivity index (χ3v) is 2.94. The van der Waals surface area contributed by atoms with Crippen molar-refractivity contribution in [1.29, 1.82) is 0 Å². The van der Waals surface area contributed by atoms with E-state index in [1.54, 1.807) is 30.1 Å². The highest BCUT2D eigenvalue weighted by molar-refractivity contribution is 5.85. The molecule has 104 valence electrons. The van der Waals surface area contributed by atoms with E-state index >= 15 is 0 Å². The van der Waals surface area contributed by atoms with Crippen molar-refractivity contribution in [3.63, 3.8) is 0 Å². The topological polar surface area (TPSA) is 55.6 Å². The zero-order chi connectivity index (χ0) is 13.2. The van der Waals surface area contributed by atoms with Gasteiger partial charge in [0.1, 0.15) is 17.7 Å². The lowest BCUT2D eigenvalue weighted by Crippen LogP contribution is -2.02. The second-order valence-electron chi connectivity index (χ2n) is 4.11. The van der Waals surface area contributed by atoms with Gasteiger partial charge < -0.3 is 9.88 Å². The van der Waals surface area contributed by atoms with Crippen molar-refractivity contribution in [2.45, 2.75) is 6.54 Å². The minimum absolute atomic E-state index is 0. The SMILES string of the molecule is CNc1ncnc2c1ncn2Cc1ccccc1F.Cl. The van der Waals surface area contributed by atoms with E-state index in [0.29, 0.717) is 29.1 Å². The summed E-state index contributed by atoms with van der Waals surface area (Å²) in [5.74, 6) is 0.435. The van der Waals surface area contributed by atoms with Crippen LogP contribution in [0, 0.1) is 5.82 Å². The summed E-state index contributed by atoms with van der Waals surface area (Å²) < 4.78 is 15.5. The molecule has 2 heterocycles. The molecule has 1 N–H and O–H groups in total. The number of halogens is 2. The van der Waals surface area contributed by atoms with E-state index < -0.39 is 0 Å². The van der Waals surface area contributed by atoms with Gasteiger partial charge in [-0.15, -0.1) is 12.4 Å². The first-order valence-corrected chi connectivity index (χ1v) is 5.86. The van der Waals surface area contributed by atoms with Crippen molar-refractivity contribution >= 4 is 29.4 Å². The maximum atomic E-state index is 13.6. The minimum Gasteiger partial charge on any atom is -0.371 e. The monoisotopic (exact) mass is 293 g/mol. The Bertz CT molecular complexity index is 728. The van der Waals surface area contributed by atoms with Crippen LogP contribution < -0.4 is 5.32 Å². The fourth-order valence-corrected chi connectivity index (χ4v) is 1.99. The van der Waals surface area contributed by atoms with Gasteiger partial charge in [0.25, 0.3) is 0 Å². The van der Waals surface area contributed by atoms with Crippen molar-refractivity contribution in [3.05, 3.63) is 48.3 Å². The smallest absolute Gasteiger partial charge is 0.165 e. The van der Waals surface area contributed by atoms with Gasteiger partial charge in [-0.2, -0.15) is 0 Å². The fourth-order valence-electron chi connectivity index (χ4n) is 1.99. The molecule has 3 aromatic rings. The van der Waals surface area contributed by atoms with E-state index in [4.69, 9.17) is 0 Å². The van der Waals surface area contributed by atoms with Crippen LogP contribution in [0.3, 0.4) is 0 Å². The van der Waals surface area contributed by atoms with E-state index in [-0.39, 0.29) is 18.2 Å². The number of rotatable bonds is 3. The Morgan fingerprint density at radius 1 is 1.20 bits per heavy atom. The zero-order valence-electron chi connectivity index (χ0n) is 10.7. The molecular formula is C13H13ClFN5. The second-order valence-corrected chi connectivity index (χ2v) is 4.11. The van der Waals surface area contributed by atoms with Gasteiger partial charge in [0.2, 0.25) is 0 Å². The first kappa shape index (κ1) is 14.2. The summed E-state index contributed by atoms with van der Waals surface area (Å²) in [6.45, 7) is 0.392. The maximum absolute atomic E-state index is 13.6. The van der Waals surface area contributed by atoms with Crippen LogP contribution in [0.4, 0.5) is 10.2 Å². The molecule has 0 radical (unpaired) electrons. The van der Waals surface area contributed by atoms with Gasteiger partial charge >= 0.3 is 0 Å². The Balaban J connectivity index is 0.00000147. The molecule has 0 unspecified atom stereocenters. The van der Waals surface area contributed by atoms with Crippen molar-refractivity contribution in [2.24, 2.45) is 0 Å². The number of aromatic nitrogens is 4. The van der Waals surface area contributed by atoms with E-state index in [9.17, 15) is 4.39 Å². The van der Waals surface area contributed by atoms with Gasteiger partial charge in [-0.05, 0) is 6.07 Å². The fraction of sp³-hybridized carbons (Fsp3) is 0.154. The lowest BCUT2D eigenvalue weighted by atomic mass is 10.2. The third-order valence-electron chi connectivity index (χ3n) is 2.94. The van der Waals surface area contributed by atoms with E-state index in [1.165, 1.54) is 12.4 Å². The van der Waals surface area contributed by atoms with E-state index in [0.717, 1.165) is 0 Å². The number of anilines is 1.